The van der Waals surface area contributed by atoms with Crippen molar-refractivity contribution in [2.24, 2.45) is 0 Å². The van der Waals surface area contributed by atoms with Crippen molar-refractivity contribution in [1.29, 1.82) is 0 Å². The molecule has 2 aliphatic heterocycles. The molecule has 0 saturated carbocycles. The summed E-state index contributed by atoms with van der Waals surface area (Å²) in [6.45, 7) is 1.80. The third-order valence-corrected chi connectivity index (χ3v) is 5.79. The van der Waals surface area contributed by atoms with Crippen LogP contribution in [0.15, 0.2) is 54.7 Å². The highest BCUT2D eigenvalue weighted by molar-refractivity contribution is 6.06. The number of carbonyl (C=O) groups excluding carboxylic acids is 1. The largest absolute Gasteiger partial charge is 0.432 e. The first-order chi connectivity index (χ1) is 14.9. The number of anilines is 2. The lowest BCUT2D eigenvalue weighted by atomic mass is 10.1. The van der Waals surface area contributed by atoms with Gasteiger partial charge in [-0.1, -0.05) is 30.3 Å². The summed E-state index contributed by atoms with van der Waals surface area (Å²) in [5.41, 5.74) is -0.407. The van der Waals surface area contributed by atoms with Crippen LogP contribution >= 0.6 is 0 Å². The molecule has 6 nitrogen and oxygen atoms in total. The predicted molar refractivity (Wildman–Crippen MR) is 111 cm³/mol. The van der Waals surface area contributed by atoms with Crippen LogP contribution in [0.1, 0.15) is 22.5 Å². The van der Waals surface area contributed by atoms with Gasteiger partial charge in [0.25, 0.3) is 5.91 Å². The van der Waals surface area contributed by atoms with Gasteiger partial charge in [-0.2, -0.15) is 13.2 Å². The van der Waals surface area contributed by atoms with Gasteiger partial charge in [0.2, 0.25) is 0 Å². The zero-order valence-corrected chi connectivity index (χ0v) is 16.4. The van der Waals surface area contributed by atoms with E-state index in [-0.39, 0.29) is 5.69 Å². The number of carbonyl (C=O) groups is 1. The Labute approximate surface area is 176 Å². The number of halogens is 3. The van der Waals surface area contributed by atoms with Crippen LogP contribution < -0.4 is 15.5 Å². The number of rotatable bonds is 4. The number of nitrogens with zero attached hydrogens (tertiary/aromatic N) is 2. The Bertz CT molecular complexity index is 1090. The van der Waals surface area contributed by atoms with E-state index in [1.165, 1.54) is 12.3 Å². The highest BCUT2D eigenvalue weighted by Crippen LogP contribution is 2.35. The van der Waals surface area contributed by atoms with E-state index in [9.17, 15) is 18.0 Å². The second kappa shape index (κ2) is 7.42. The minimum atomic E-state index is -4.69. The van der Waals surface area contributed by atoms with E-state index in [1.54, 1.807) is 42.5 Å². The first-order valence-electron chi connectivity index (χ1n) is 10.0. The molecule has 2 atom stereocenters. The normalized spacial score (nSPS) is 20.3. The number of benzene rings is 1. The average molecular weight is 427 g/mol. The van der Waals surface area contributed by atoms with E-state index in [4.69, 9.17) is 0 Å². The first kappa shape index (κ1) is 19.6. The molecule has 9 heteroatoms. The highest BCUT2D eigenvalue weighted by atomic mass is 19.4. The topological polar surface area (TPSA) is 73.1 Å². The van der Waals surface area contributed by atoms with Gasteiger partial charge in [0.05, 0.1) is 17.4 Å². The number of aromatic nitrogens is 2. The molecule has 2 unspecified atom stereocenters. The summed E-state index contributed by atoms with van der Waals surface area (Å²) in [7, 11) is 0. The Morgan fingerprint density at radius 1 is 1.16 bits per heavy atom. The van der Waals surface area contributed by atoms with E-state index in [2.05, 4.69) is 25.5 Å². The molecule has 0 aliphatic carbocycles. The zero-order valence-electron chi connectivity index (χ0n) is 16.4. The number of nitrogens with one attached hydrogen (secondary N) is 3. The Morgan fingerprint density at radius 2 is 1.97 bits per heavy atom. The Hall–Kier alpha value is -3.33. The summed E-state index contributed by atoms with van der Waals surface area (Å²) >= 11 is 0. The van der Waals surface area contributed by atoms with Crippen LogP contribution in [-0.2, 0) is 6.18 Å². The summed E-state index contributed by atoms with van der Waals surface area (Å²) in [5, 5.41) is 5.96. The first-order valence-corrected chi connectivity index (χ1v) is 10.0. The van der Waals surface area contributed by atoms with Gasteiger partial charge in [0, 0.05) is 30.9 Å². The SMILES string of the molecule is O=C(Nc1ccc(N2CC3CC2CN3)nc1)c1cc(-c2ccccc2)[nH]c1C(F)(F)F. The van der Waals surface area contributed by atoms with E-state index >= 15 is 0 Å². The maximum absolute atomic E-state index is 13.5. The minimum Gasteiger partial charge on any atom is -0.351 e. The van der Waals surface area contributed by atoms with Gasteiger partial charge in [-0.05, 0) is 30.2 Å². The highest BCUT2D eigenvalue weighted by Gasteiger charge is 2.39. The van der Waals surface area contributed by atoms with Gasteiger partial charge in [0.15, 0.2) is 0 Å². The van der Waals surface area contributed by atoms with E-state index in [1.807, 2.05) is 0 Å². The van der Waals surface area contributed by atoms with Crippen molar-refractivity contribution in [3.63, 3.8) is 0 Å². The molecule has 2 fully saturated rings. The molecule has 2 bridgehead atoms. The molecule has 0 radical (unpaired) electrons. The number of hydrogen-bond acceptors (Lipinski definition) is 4. The second-order valence-electron chi connectivity index (χ2n) is 7.84. The molecule has 4 heterocycles. The number of fused-ring (bicyclic) bond motifs is 2. The number of piperazine rings is 1. The van der Waals surface area contributed by atoms with Crippen LogP contribution in [0.25, 0.3) is 11.3 Å². The van der Waals surface area contributed by atoms with Gasteiger partial charge < -0.3 is 20.5 Å². The maximum atomic E-state index is 13.5. The van der Waals surface area contributed by atoms with Crippen LogP contribution in [0.5, 0.6) is 0 Å². The number of H-pyrrole nitrogens is 1. The van der Waals surface area contributed by atoms with Crippen molar-refractivity contribution in [3.05, 3.63) is 66.0 Å². The predicted octanol–water partition coefficient (Wildman–Crippen LogP) is 3.90. The number of pyridine rings is 1. The van der Waals surface area contributed by atoms with Gasteiger partial charge in [0.1, 0.15) is 11.5 Å². The summed E-state index contributed by atoms with van der Waals surface area (Å²) in [5.74, 6) is -0.0410. The van der Waals surface area contributed by atoms with Crippen LogP contribution in [0.3, 0.4) is 0 Å². The minimum absolute atomic E-state index is 0.226. The van der Waals surface area contributed by atoms with Crippen molar-refractivity contribution >= 4 is 17.4 Å². The lowest BCUT2D eigenvalue weighted by Gasteiger charge is -2.28. The fourth-order valence-electron chi connectivity index (χ4n) is 4.30. The lowest BCUT2D eigenvalue weighted by Crippen LogP contribution is -2.43. The molecule has 5 rings (SSSR count). The molecule has 3 aromatic rings. The van der Waals surface area contributed by atoms with E-state index in [0.29, 0.717) is 23.3 Å². The second-order valence-corrected chi connectivity index (χ2v) is 7.84. The maximum Gasteiger partial charge on any atom is 0.432 e. The van der Waals surface area contributed by atoms with E-state index < -0.39 is 23.3 Å². The summed E-state index contributed by atoms with van der Waals surface area (Å²) < 4.78 is 40.6. The van der Waals surface area contributed by atoms with Crippen molar-refractivity contribution in [2.45, 2.75) is 24.7 Å². The van der Waals surface area contributed by atoms with Gasteiger partial charge in [-0.25, -0.2) is 4.98 Å². The third-order valence-electron chi connectivity index (χ3n) is 5.79. The van der Waals surface area contributed by atoms with E-state index in [0.717, 1.165) is 25.3 Å². The van der Waals surface area contributed by atoms with Crippen molar-refractivity contribution in [1.82, 2.24) is 15.3 Å². The number of alkyl halides is 3. The Morgan fingerprint density at radius 3 is 2.58 bits per heavy atom. The Kier molecular flexibility index (Phi) is 4.70. The number of amides is 1. The average Bonchev–Trinajstić information content (AvgIpc) is 3.50. The fourth-order valence-corrected chi connectivity index (χ4v) is 4.30. The third kappa shape index (κ3) is 3.76. The van der Waals surface area contributed by atoms with Gasteiger partial charge in [-0.15, -0.1) is 0 Å². The van der Waals surface area contributed by atoms with Crippen LogP contribution in [0.2, 0.25) is 0 Å². The van der Waals surface area contributed by atoms with Gasteiger partial charge >= 0.3 is 6.18 Å². The molecule has 3 N–H and O–H groups in total. The van der Waals surface area contributed by atoms with Crippen LogP contribution in [0, 0.1) is 0 Å². The quantitative estimate of drug-likeness (QED) is 0.591. The molecule has 1 aromatic carbocycles. The molecule has 31 heavy (non-hydrogen) atoms. The summed E-state index contributed by atoms with van der Waals surface area (Å²) in [6, 6.07) is 14.1. The summed E-state index contributed by atoms with van der Waals surface area (Å²) in [6.07, 6.45) is -2.13. The number of aromatic amines is 1. The molecular weight excluding hydrogens is 407 g/mol. The number of hydrogen-bond donors (Lipinski definition) is 3. The lowest BCUT2D eigenvalue weighted by molar-refractivity contribution is -0.141. The van der Waals surface area contributed by atoms with Gasteiger partial charge in [-0.3, -0.25) is 4.79 Å². The zero-order chi connectivity index (χ0) is 21.6. The van der Waals surface area contributed by atoms with Crippen molar-refractivity contribution < 1.29 is 18.0 Å². The van der Waals surface area contributed by atoms with Crippen LogP contribution in [0.4, 0.5) is 24.7 Å². The standard InChI is InChI=1S/C22H20F3N5O/c23-22(24,25)20-17(9-18(29-20)13-4-2-1-3-5-13)21(31)28-14-6-7-19(27-10-14)30-12-15-8-16(30)11-26-15/h1-7,9-10,15-16,26,29H,8,11-12H2,(H,28,31). The Balaban J connectivity index is 1.37. The molecule has 160 valence electrons. The fraction of sp³-hybridized carbons (Fsp3) is 0.273. The smallest absolute Gasteiger partial charge is 0.351 e. The van der Waals surface area contributed by atoms with Crippen molar-refractivity contribution in [3.8, 4) is 11.3 Å². The summed E-state index contributed by atoms with van der Waals surface area (Å²) in [4.78, 5) is 21.7. The molecular formula is C22H20F3N5O. The molecule has 0 spiro atoms. The molecule has 1 amide bonds. The van der Waals surface area contributed by atoms with Crippen molar-refractivity contribution in [2.75, 3.05) is 23.3 Å². The molecule has 2 aromatic heterocycles. The molecule has 2 saturated heterocycles. The molecule has 2 aliphatic rings. The van der Waals surface area contributed by atoms with Crippen LogP contribution in [-0.4, -0.2) is 41.0 Å². The monoisotopic (exact) mass is 427 g/mol.